The molecule has 0 saturated heterocycles. The minimum atomic E-state index is -5.10. The standard InChI is InChI=1S/C20H15BrF3NO5/c21-14-3-1-2-13-15(9-30-18(13)14)25(19(28)20(22,23)24)11-4-5-12-10(6-17(26)27)8-29-16(12)7-11/h1-5,7,10,15H,6,8-9H2,(H,26,27)/t10-,15?/m1/s1. The lowest BCUT2D eigenvalue weighted by Crippen LogP contribution is -2.44. The van der Waals surface area contributed by atoms with Gasteiger partial charge in [0.25, 0.3) is 0 Å². The fourth-order valence-corrected chi connectivity index (χ4v) is 4.27. The molecule has 0 saturated carbocycles. The molecule has 1 N–H and O–H groups in total. The first-order valence-electron chi connectivity index (χ1n) is 8.97. The maximum absolute atomic E-state index is 13.4. The highest BCUT2D eigenvalue weighted by atomic mass is 79.9. The monoisotopic (exact) mass is 485 g/mol. The fraction of sp³-hybridized carbons (Fsp3) is 0.300. The smallest absolute Gasteiger partial charge is 0.471 e. The molecule has 2 aliphatic heterocycles. The van der Waals surface area contributed by atoms with Crippen LogP contribution >= 0.6 is 15.9 Å². The van der Waals surface area contributed by atoms with E-state index in [9.17, 15) is 22.8 Å². The number of rotatable bonds is 4. The van der Waals surface area contributed by atoms with Gasteiger partial charge in [-0.25, -0.2) is 0 Å². The van der Waals surface area contributed by atoms with Gasteiger partial charge in [-0.1, -0.05) is 18.2 Å². The number of nitrogens with zero attached hydrogens (tertiary/aromatic N) is 1. The van der Waals surface area contributed by atoms with Gasteiger partial charge in [-0.05, 0) is 28.1 Å². The molecule has 0 fully saturated rings. The van der Waals surface area contributed by atoms with Gasteiger partial charge in [-0.2, -0.15) is 13.2 Å². The van der Waals surface area contributed by atoms with E-state index in [0.29, 0.717) is 26.2 Å². The molecule has 10 heteroatoms. The Morgan fingerprint density at radius 2 is 1.90 bits per heavy atom. The van der Waals surface area contributed by atoms with E-state index in [0.717, 1.165) is 0 Å². The number of fused-ring (bicyclic) bond motifs is 2. The van der Waals surface area contributed by atoms with Crippen molar-refractivity contribution in [1.82, 2.24) is 0 Å². The minimum Gasteiger partial charge on any atom is -0.493 e. The summed E-state index contributed by atoms with van der Waals surface area (Å²) in [4.78, 5) is 24.0. The van der Waals surface area contributed by atoms with Gasteiger partial charge >= 0.3 is 18.1 Å². The molecule has 2 heterocycles. The van der Waals surface area contributed by atoms with Crippen LogP contribution in [-0.4, -0.2) is 36.4 Å². The third-order valence-corrected chi connectivity index (χ3v) is 5.72. The molecule has 1 unspecified atom stereocenters. The van der Waals surface area contributed by atoms with Crippen molar-refractivity contribution in [3.8, 4) is 11.5 Å². The number of hydrogen-bond acceptors (Lipinski definition) is 4. The van der Waals surface area contributed by atoms with Gasteiger partial charge < -0.3 is 14.6 Å². The predicted molar refractivity (Wildman–Crippen MR) is 103 cm³/mol. The number of aliphatic carboxylic acids is 1. The molecule has 2 aromatic rings. The second kappa shape index (κ2) is 7.50. The lowest BCUT2D eigenvalue weighted by molar-refractivity contribution is -0.171. The van der Waals surface area contributed by atoms with Crippen LogP contribution in [0.3, 0.4) is 0 Å². The van der Waals surface area contributed by atoms with E-state index in [-0.39, 0.29) is 31.1 Å². The molecule has 2 aromatic carbocycles. The summed E-state index contributed by atoms with van der Waals surface area (Å²) < 4.78 is 51.9. The molecule has 0 bridgehead atoms. The van der Waals surface area contributed by atoms with Crippen LogP contribution in [0.15, 0.2) is 40.9 Å². The fourth-order valence-electron chi connectivity index (χ4n) is 3.78. The average Bonchev–Trinajstić information content (AvgIpc) is 3.26. The second-order valence-electron chi connectivity index (χ2n) is 6.99. The van der Waals surface area contributed by atoms with Gasteiger partial charge in [0.15, 0.2) is 0 Å². The summed E-state index contributed by atoms with van der Waals surface area (Å²) in [5.41, 5.74) is 1.03. The summed E-state index contributed by atoms with van der Waals surface area (Å²) in [5, 5.41) is 9.01. The van der Waals surface area contributed by atoms with Crippen LogP contribution in [0.2, 0.25) is 0 Å². The maximum Gasteiger partial charge on any atom is 0.471 e. The molecule has 0 aliphatic carbocycles. The Bertz CT molecular complexity index is 1030. The molecular formula is C20H15BrF3NO5. The lowest BCUT2D eigenvalue weighted by Gasteiger charge is -2.29. The molecule has 6 nitrogen and oxygen atoms in total. The predicted octanol–water partition coefficient (Wildman–Crippen LogP) is 4.43. The average molecular weight is 486 g/mol. The molecule has 2 atom stereocenters. The number of halogens is 4. The summed E-state index contributed by atoms with van der Waals surface area (Å²) in [5.74, 6) is -2.76. The van der Waals surface area contributed by atoms with Gasteiger partial charge in [-0.15, -0.1) is 0 Å². The number of carboxylic acids is 1. The highest BCUT2D eigenvalue weighted by Gasteiger charge is 2.48. The van der Waals surface area contributed by atoms with Crippen molar-refractivity contribution in [2.75, 3.05) is 18.1 Å². The van der Waals surface area contributed by atoms with Crippen LogP contribution in [0.4, 0.5) is 18.9 Å². The Morgan fingerprint density at radius 1 is 1.13 bits per heavy atom. The van der Waals surface area contributed by atoms with Crippen LogP contribution in [0.5, 0.6) is 11.5 Å². The van der Waals surface area contributed by atoms with Crippen LogP contribution in [0, 0.1) is 0 Å². The summed E-state index contributed by atoms with van der Waals surface area (Å²) >= 11 is 3.30. The van der Waals surface area contributed by atoms with E-state index in [1.807, 2.05) is 0 Å². The van der Waals surface area contributed by atoms with Crippen LogP contribution in [0.25, 0.3) is 0 Å². The topological polar surface area (TPSA) is 76.1 Å². The zero-order chi connectivity index (χ0) is 21.6. The Hall–Kier alpha value is -2.75. The van der Waals surface area contributed by atoms with Crippen molar-refractivity contribution in [1.29, 1.82) is 0 Å². The number of alkyl halides is 3. The first-order valence-corrected chi connectivity index (χ1v) is 9.76. The summed E-state index contributed by atoms with van der Waals surface area (Å²) in [6.45, 7) is -0.0278. The highest BCUT2D eigenvalue weighted by Crippen LogP contribution is 2.45. The van der Waals surface area contributed by atoms with Crippen molar-refractivity contribution in [3.63, 3.8) is 0 Å². The Kier molecular flexibility index (Phi) is 5.13. The maximum atomic E-state index is 13.4. The normalized spacial score (nSPS) is 19.5. The van der Waals surface area contributed by atoms with Gasteiger partial charge in [0.2, 0.25) is 0 Å². The molecule has 0 radical (unpaired) electrons. The van der Waals surface area contributed by atoms with E-state index in [2.05, 4.69) is 15.9 Å². The minimum absolute atomic E-state index is 0.00604. The van der Waals surface area contributed by atoms with Gasteiger partial charge in [0.1, 0.15) is 18.1 Å². The van der Waals surface area contributed by atoms with E-state index in [1.54, 1.807) is 18.2 Å². The first kappa shape index (κ1) is 20.5. The molecule has 0 aromatic heterocycles. The number of carbonyl (C=O) groups is 2. The Labute approximate surface area is 177 Å². The first-order chi connectivity index (χ1) is 14.2. The molecular weight excluding hydrogens is 471 g/mol. The number of ether oxygens (including phenoxy) is 2. The van der Waals surface area contributed by atoms with Crippen molar-refractivity contribution >= 4 is 33.5 Å². The quantitative estimate of drug-likeness (QED) is 0.693. The van der Waals surface area contributed by atoms with Crippen LogP contribution in [0.1, 0.15) is 29.5 Å². The van der Waals surface area contributed by atoms with E-state index >= 15 is 0 Å². The van der Waals surface area contributed by atoms with Gasteiger partial charge in [0, 0.05) is 28.8 Å². The van der Waals surface area contributed by atoms with Crippen LogP contribution < -0.4 is 14.4 Å². The molecule has 158 valence electrons. The van der Waals surface area contributed by atoms with Gasteiger partial charge in [0.05, 0.1) is 23.5 Å². The van der Waals surface area contributed by atoms with Gasteiger partial charge in [-0.3, -0.25) is 14.5 Å². The summed E-state index contributed by atoms with van der Waals surface area (Å²) in [6, 6.07) is 8.21. The number of carbonyl (C=O) groups excluding carboxylic acids is 1. The lowest BCUT2D eigenvalue weighted by atomic mass is 9.97. The molecule has 0 spiro atoms. The zero-order valence-electron chi connectivity index (χ0n) is 15.3. The zero-order valence-corrected chi connectivity index (χ0v) is 16.9. The number of para-hydroxylation sites is 1. The highest BCUT2D eigenvalue weighted by molar-refractivity contribution is 9.10. The van der Waals surface area contributed by atoms with Crippen molar-refractivity contribution < 1.29 is 37.3 Å². The number of anilines is 1. The number of hydrogen-bond donors (Lipinski definition) is 1. The van der Waals surface area contributed by atoms with E-state index < -0.39 is 30.0 Å². The summed E-state index contributed by atoms with van der Waals surface area (Å²) in [7, 11) is 0. The van der Waals surface area contributed by atoms with Crippen molar-refractivity contribution in [2.24, 2.45) is 0 Å². The third kappa shape index (κ3) is 3.60. The summed E-state index contributed by atoms with van der Waals surface area (Å²) in [6.07, 6.45) is -5.25. The van der Waals surface area contributed by atoms with Crippen molar-refractivity contribution in [2.45, 2.75) is 24.6 Å². The molecule has 1 amide bonds. The van der Waals surface area contributed by atoms with Crippen molar-refractivity contribution in [3.05, 3.63) is 52.0 Å². The number of carboxylic acid groups (broad SMARTS) is 1. The van der Waals surface area contributed by atoms with E-state index in [4.69, 9.17) is 14.6 Å². The Balaban J connectivity index is 1.75. The number of benzene rings is 2. The number of amides is 1. The van der Waals surface area contributed by atoms with E-state index in [1.165, 1.54) is 18.2 Å². The second-order valence-corrected chi connectivity index (χ2v) is 7.84. The molecule has 4 rings (SSSR count). The van der Waals surface area contributed by atoms with Crippen LogP contribution in [-0.2, 0) is 9.59 Å². The Morgan fingerprint density at radius 3 is 2.60 bits per heavy atom. The molecule has 30 heavy (non-hydrogen) atoms. The SMILES string of the molecule is O=C(O)C[C@@H]1COc2cc(N(C(=O)C(F)(F)F)C3COc4c(Br)cccc43)ccc21. The third-order valence-electron chi connectivity index (χ3n) is 5.09. The molecule has 2 aliphatic rings. The largest absolute Gasteiger partial charge is 0.493 e.